The highest BCUT2D eigenvalue weighted by Gasteiger charge is 1.98. The summed E-state index contributed by atoms with van der Waals surface area (Å²) < 4.78 is 0. The first-order chi connectivity index (χ1) is 5.22. The van der Waals surface area contributed by atoms with Gasteiger partial charge < -0.3 is 5.84 Å². The first-order valence-corrected chi connectivity index (χ1v) is 3.46. The summed E-state index contributed by atoms with van der Waals surface area (Å²) in [4.78, 5) is 0. The lowest BCUT2D eigenvalue weighted by molar-refractivity contribution is 0.995. The maximum atomic E-state index is 5.08. The van der Waals surface area contributed by atoms with E-state index < -0.39 is 0 Å². The van der Waals surface area contributed by atoms with Crippen molar-refractivity contribution in [3.8, 4) is 0 Å². The number of hydrazone groups is 1. The maximum absolute atomic E-state index is 5.08. The van der Waals surface area contributed by atoms with Crippen molar-refractivity contribution in [1.29, 1.82) is 0 Å². The Morgan fingerprint density at radius 1 is 1.82 bits per heavy atom. The van der Waals surface area contributed by atoms with E-state index in [-0.39, 0.29) is 0 Å². The van der Waals surface area contributed by atoms with Crippen LogP contribution in [0, 0.1) is 6.92 Å². The molecule has 0 fully saturated rings. The van der Waals surface area contributed by atoms with E-state index in [0.29, 0.717) is 0 Å². The van der Waals surface area contributed by atoms with E-state index in [4.69, 9.17) is 5.84 Å². The molecule has 0 saturated heterocycles. The molecule has 0 aliphatic rings. The summed E-state index contributed by atoms with van der Waals surface area (Å²) in [6, 6.07) is 1.98. The standard InChI is InChI=1S/C7H12N4/c1-5(9-8)3-7-4-6(2)10-11-7/h4H,3,8H2,1-2H3,(H,10,11)/b9-5-. The Hall–Kier alpha value is -1.32. The Bertz CT molecular complexity index is 261. The van der Waals surface area contributed by atoms with Crippen molar-refractivity contribution in [2.24, 2.45) is 10.9 Å². The predicted molar refractivity (Wildman–Crippen MR) is 44.3 cm³/mol. The van der Waals surface area contributed by atoms with Crippen LogP contribution in [0.2, 0.25) is 0 Å². The second-order valence-electron chi connectivity index (χ2n) is 2.58. The van der Waals surface area contributed by atoms with Gasteiger partial charge in [0.25, 0.3) is 0 Å². The molecule has 4 heteroatoms. The number of H-pyrrole nitrogens is 1. The number of nitrogens with two attached hydrogens (primary N) is 1. The van der Waals surface area contributed by atoms with Gasteiger partial charge in [0.1, 0.15) is 0 Å². The van der Waals surface area contributed by atoms with Gasteiger partial charge in [0.15, 0.2) is 0 Å². The quantitative estimate of drug-likeness (QED) is 0.370. The highest BCUT2D eigenvalue weighted by molar-refractivity contribution is 5.83. The molecule has 0 unspecified atom stereocenters. The summed E-state index contributed by atoms with van der Waals surface area (Å²) in [5.74, 6) is 5.08. The van der Waals surface area contributed by atoms with E-state index in [9.17, 15) is 0 Å². The molecule has 0 atom stereocenters. The third kappa shape index (κ3) is 2.07. The minimum Gasteiger partial charge on any atom is -0.323 e. The average Bonchev–Trinajstić information content (AvgIpc) is 2.35. The van der Waals surface area contributed by atoms with Crippen molar-refractivity contribution in [3.05, 3.63) is 17.5 Å². The molecule has 3 N–H and O–H groups in total. The second kappa shape index (κ2) is 3.18. The first-order valence-electron chi connectivity index (χ1n) is 3.46. The fraction of sp³-hybridized carbons (Fsp3) is 0.429. The van der Waals surface area contributed by atoms with Crippen LogP contribution in [-0.2, 0) is 6.42 Å². The van der Waals surface area contributed by atoms with Crippen molar-refractivity contribution < 1.29 is 0 Å². The van der Waals surface area contributed by atoms with Crippen LogP contribution in [0.4, 0.5) is 0 Å². The minimum absolute atomic E-state index is 0.723. The van der Waals surface area contributed by atoms with E-state index in [1.54, 1.807) is 0 Å². The lowest BCUT2D eigenvalue weighted by Gasteiger charge is -1.91. The Balaban J connectivity index is 2.65. The lowest BCUT2D eigenvalue weighted by Crippen LogP contribution is -2.01. The third-order valence-corrected chi connectivity index (χ3v) is 1.42. The van der Waals surface area contributed by atoms with Gasteiger partial charge in [-0.05, 0) is 19.9 Å². The van der Waals surface area contributed by atoms with Crippen LogP contribution in [0.15, 0.2) is 11.2 Å². The summed E-state index contributed by atoms with van der Waals surface area (Å²) in [5.41, 5.74) is 2.93. The third-order valence-electron chi connectivity index (χ3n) is 1.42. The summed E-state index contributed by atoms with van der Waals surface area (Å²) in [6.07, 6.45) is 0.723. The van der Waals surface area contributed by atoms with Crippen molar-refractivity contribution in [2.45, 2.75) is 20.3 Å². The van der Waals surface area contributed by atoms with Gasteiger partial charge in [0, 0.05) is 17.8 Å². The molecule has 0 radical (unpaired) electrons. The van der Waals surface area contributed by atoms with Crippen LogP contribution in [0.3, 0.4) is 0 Å². The van der Waals surface area contributed by atoms with Gasteiger partial charge in [0.05, 0.1) is 5.69 Å². The number of nitrogens with zero attached hydrogens (tertiary/aromatic N) is 2. The molecule has 1 rings (SSSR count). The molecule has 0 aromatic carbocycles. The number of nitrogens with one attached hydrogen (secondary N) is 1. The van der Waals surface area contributed by atoms with E-state index >= 15 is 0 Å². The van der Waals surface area contributed by atoms with Crippen LogP contribution >= 0.6 is 0 Å². The van der Waals surface area contributed by atoms with Crippen LogP contribution < -0.4 is 5.84 Å². The zero-order valence-corrected chi connectivity index (χ0v) is 6.76. The number of aromatic nitrogens is 2. The zero-order valence-electron chi connectivity index (χ0n) is 6.76. The van der Waals surface area contributed by atoms with Gasteiger partial charge >= 0.3 is 0 Å². The average molecular weight is 152 g/mol. The van der Waals surface area contributed by atoms with Gasteiger partial charge in [-0.15, -0.1) is 0 Å². The summed E-state index contributed by atoms with van der Waals surface area (Å²) >= 11 is 0. The molecule has 0 bridgehead atoms. The van der Waals surface area contributed by atoms with Crippen LogP contribution in [0.1, 0.15) is 18.3 Å². The molecule has 1 aromatic rings. The Kier molecular flexibility index (Phi) is 2.25. The molecule has 0 amide bonds. The van der Waals surface area contributed by atoms with E-state index in [1.807, 2.05) is 19.9 Å². The van der Waals surface area contributed by atoms with Crippen LogP contribution in [-0.4, -0.2) is 15.9 Å². The normalized spacial score (nSPS) is 12.0. The minimum atomic E-state index is 0.723. The summed E-state index contributed by atoms with van der Waals surface area (Å²) in [5, 5.41) is 10.5. The van der Waals surface area contributed by atoms with Gasteiger partial charge in [-0.25, -0.2) is 0 Å². The molecule has 4 nitrogen and oxygen atoms in total. The monoisotopic (exact) mass is 152 g/mol. The van der Waals surface area contributed by atoms with Crippen molar-refractivity contribution >= 4 is 5.71 Å². The molecule has 0 aliphatic carbocycles. The molecule has 11 heavy (non-hydrogen) atoms. The molecule has 1 heterocycles. The van der Waals surface area contributed by atoms with Gasteiger partial charge in [-0.1, -0.05) is 0 Å². The van der Waals surface area contributed by atoms with E-state index in [1.165, 1.54) is 0 Å². The van der Waals surface area contributed by atoms with Crippen molar-refractivity contribution in [3.63, 3.8) is 0 Å². The number of hydrogen-bond acceptors (Lipinski definition) is 3. The molecular weight excluding hydrogens is 140 g/mol. The smallest absolute Gasteiger partial charge is 0.0681 e. The molecule has 1 aromatic heterocycles. The summed E-state index contributed by atoms with van der Waals surface area (Å²) in [7, 11) is 0. The first kappa shape index (κ1) is 7.78. The fourth-order valence-corrected chi connectivity index (χ4v) is 0.873. The van der Waals surface area contributed by atoms with E-state index in [0.717, 1.165) is 23.5 Å². The molecule has 60 valence electrons. The zero-order chi connectivity index (χ0) is 8.27. The number of hydrogen-bond donors (Lipinski definition) is 2. The Morgan fingerprint density at radius 3 is 3.00 bits per heavy atom. The molecule has 0 aliphatic heterocycles. The lowest BCUT2D eigenvalue weighted by atomic mass is 10.2. The van der Waals surface area contributed by atoms with Gasteiger partial charge in [-0.3, -0.25) is 5.10 Å². The highest BCUT2D eigenvalue weighted by Crippen LogP contribution is 1.99. The largest absolute Gasteiger partial charge is 0.323 e. The molecular formula is C7H12N4. The Labute approximate surface area is 65.5 Å². The van der Waals surface area contributed by atoms with Gasteiger partial charge in [0.2, 0.25) is 0 Å². The Morgan fingerprint density at radius 2 is 2.55 bits per heavy atom. The van der Waals surface area contributed by atoms with Crippen LogP contribution in [0.5, 0.6) is 0 Å². The SMILES string of the molecule is C/C(Cc1cc(C)[nH]n1)=N/N. The molecule has 0 spiro atoms. The second-order valence-corrected chi connectivity index (χ2v) is 2.58. The van der Waals surface area contributed by atoms with Gasteiger partial charge in [-0.2, -0.15) is 10.2 Å². The fourth-order valence-electron chi connectivity index (χ4n) is 0.873. The van der Waals surface area contributed by atoms with E-state index in [2.05, 4.69) is 15.3 Å². The molecule has 0 saturated carbocycles. The number of rotatable bonds is 2. The maximum Gasteiger partial charge on any atom is 0.0681 e. The van der Waals surface area contributed by atoms with Crippen molar-refractivity contribution in [2.75, 3.05) is 0 Å². The number of aromatic amines is 1. The topological polar surface area (TPSA) is 67.1 Å². The van der Waals surface area contributed by atoms with Crippen molar-refractivity contribution in [1.82, 2.24) is 10.2 Å². The highest BCUT2D eigenvalue weighted by atomic mass is 15.1. The number of aryl methyl sites for hydroxylation is 1. The summed E-state index contributed by atoms with van der Waals surface area (Å²) in [6.45, 7) is 3.84. The predicted octanol–water partition coefficient (Wildman–Crippen LogP) is 0.595. The van der Waals surface area contributed by atoms with Crippen LogP contribution in [0.25, 0.3) is 0 Å².